The molecule has 25 heavy (non-hydrogen) atoms. The van der Waals surface area contributed by atoms with Crippen LogP contribution in [0.3, 0.4) is 0 Å². The molecule has 3 heterocycles. The molecule has 1 fully saturated rings. The molecule has 1 saturated heterocycles. The van der Waals surface area contributed by atoms with E-state index in [0.29, 0.717) is 36.9 Å². The maximum absolute atomic E-state index is 12.5. The molecule has 2 N–H and O–H groups in total. The third-order valence-corrected chi connectivity index (χ3v) is 5.72. The third-order valence-electron chi connectivity index (χ3n) is 4.74. The SMILES string of the molecule is CCOC(=O)C1=C(CN2CCCC2c2cccs2)NC(=O)NC1CC. The lowest BCUT2D eigenvalue weighted by Crippen LogP contribution is -2.52. The molecule has 6 nitrogen and oxygen atoms in total. The first kappa shape index (κ1) is 17.9. The molecule has 3 rings (SSSR count). The van der Waals surface area contributed by atoms with E-state index in [1.54, 1.807) is 18.3 Å². The molecule has 1 aromatic rings. The van der Waals surface area contributed by atoms with Crippen LogP contribution in [0.25, 0.3) is 0 Å². The molecule has 2 aliphatic rings. The van der Waals surface area contributed by atoms with Gasteiger partial charge in [0.2, 0.25) is 0 Å². The number of hydrogen-bond acceptors (Lipinski definition) is 5. The van der Waals surface area contributed by atoms with E-state index in [4.69, 9.17) is 4.74 Å². The second kappa shape index (κ2) is 8.01. The van der Waals surface area contributed by atoms with E-state index >= 15 is 0 Å². The van der Waals surface area contributed by atoms with Crippen molar-refractivity contribution in [1.82, 2.24) is 15.5 Å². The zero-order valence-electron chi connectivity index (χ0n) is 14.7. The van der Waals surface area contributed by atoms with E-state index in [0.717, 1.165) is 19.4 Å². The molecule has 2 atom stereocenters. The summed E-state index contributed by atoms with van der Waals surface area (Å²) in [6, 6.07) is 4.03. The van der Waals surface area contributed by atoms with Crippen LogP contribution in [0.1, 0.15) is 44.0 Å². The van der Waals surface area contributed by atoms with Gasteiger partial charge in [-0.1, -0.05) is 13.0 Å². The van der Waals surface area contributed by atoms with Gasteiger partial charge in [0.05, 0.1) is 18.2 Å². The fourth-order valence-corrected chi connectivity index (χ4v) is 4.50. The molecule has 2 amide bonds. The summed E-state index contributed by atoms with van der Waals surface area (Å²) in [6.07, 6.45) is 2.87. The maximum Gasteiger partial charge on any atom is 0.337 e. The fourth-order valence-electron chi connectivity index (χ4n) is 3.61. The number of hydrogen-bond donors (Lipinski definition) is 2. The lowest BCUT2D eigenvalue weighted by molar-refractivity contribution is -0.139. The van der Waals surface area contributed by atoms with E-state index in [2.05, 4.69) is 33.0 Å². The Balaban J connectivity index is 1.87. The summed E-state index contributed by atoms with van der Waals surface area (Å²) in [5.41, 5.74) is 1.23. The van der Waals surface area contributed by atoms with Gasteiger partial charge in [0, 0.05) is 23.2 Å². The number of nitrogens with zero attached hydrogens (tertiary/aromatic N) is 1. The average Bonchev–Trinajstić information content (AvgIpc) is 3.25. The molecule has 0 saturated carbocycles. The molecule has 0 aromatic carbocycles. The number of amides is 2. The van der Waals surface area contributed by atoms with Crippen LogP contribution in [0.15, 0.2) is 28.8 Å². The summed E-state index contributed by atoms with van der Waals surface area (Å²) < 4.78 is 5.24. The van der Waals surface area contributed by atoms with Crippen LogP contribution < -0.4 is 10.6 Å². The van der Waals surface area contributed by atoms with E-state index in [1.165, 1.54) is 4.88 Å². The van der Waals surface area contributed by atoms with E-state index in [1.807, 2.05) is 6.92 Å². The first-order chi connectivity index (χ1) is 12.1. The molecule has 2 aliphatic heterocycles. The number of thiophene rings is 1. The molecule has 7 heteroatoms. The van der Waals surface area contributed by atoms with Crippen LogP contribution in [-0.4, -0.2) is 42.6 Å². The number of rotatable bonds is 6. The topological polar surface area (TPSA) is 70.7 Å². The van der Waals surface area contributed by atoms with Crippen molar-refractivity contribution in [3.8, 4) is 0 Å². The van der Waals surface area contributed by atoms with Crippen LogP contribution in [0.4, 0.5) is 4.79 Å². The number of carbonyl (C=O) groups excluding carboxylic acids is 2. The van der Waals surface area contributed by atoms with Gasteiger partial charge in [0.25, 0.3) is 0 Å². The van der Waals surface area contributed by atoms with Crippen molar-refractivity contribution in [2.45, 2.75) is 45.2 Å². The van der Waals surface area contributed by atoms with E-state index in [9.17, 15) is 9.59 Å². The Morgan fingerprint density at radius 2 is 2.28 bits per heavy atom. The maximum atomic E-state index is 12.5. The van der Waals surface area contributed by atoms with Crippen molar-refractivity contribution in [2.24, 2.45) is 0 Å². The van der Waals surface area contributed by atoms with Crippen LogP contribution in [-0.2, 0) is 9.53 Å². The largest absolute Gasteiger partial charge is 0.463 e. The minimum absolute atomic E-state index is 0.248. The van der Waals surface area contributed by atoms with E-state index < -0.39 is 0 Å². The van der Waals surface area contributed by atoms with Gasteiger partial charge in [-0.05, 0) is 44.2 Å². The van der Waals surface area contributed by atoms with Crippen molar-refractivity contribution < 1.29 is 14.3 Å². The Morgan fingerprint density at radius 3 is 2.96 bits per heavy atom. The highest BCUT2D eigenvalue weighted by Crippen LogP contribution is 2.35. The van der Waals surface area contributed by atoms with Crippen LogP contribution in [0.5, 0.6) is 0 Å². The first-order valence-corrected chi connectivity index (χ1v) is 9.77. The quantitative estimate of drug-likeness (QED) is 0.763. The van der Waals surface area contributed by atoms with Crippen LogP contribution in [0.2, 0.25) is 0 Å². The molecule has 2 unspecified atom stereocenters. The monoisotopic (exact) mass is 363 g/mol. The normalized spacial score (nSPS) is 24.2. The van der Waals surface area contributed by atoms with Gasteiger partial charge in [-0.15, -0.1) is 11.3 Å². The van der Waals surface area contributed by atoms with E-state index in [-0.39, 0.29) is 18.0 Å². The van der Waals surface area contributed by atoms with Crippen molar-refractivity contribution in [3.05, 3.63) is 33.7 Å². The lowest BCUT2D eigenvalue weighted by Gasteiger charge is -2.32. The average molecular weight is 363 g/mol. The van der Waals surface area contributed by atoms with Gasteiger partial charge in [0.1, 0.15) is 0 Å². The summed E-state index contributed by atoms with van der Waals surface area (Å²) in [6.45, 7) is 5.59. The number of urea groups is 1. The number of likely N-dealkylation sites (tertiary alicyclic amines) is 1. The zero-order chi connectivity index (χ0) is 17.8. The summed E-state index contributed by atoms with van der Waals surface area (Å²) in [4.78, 5) is 28.2. The van der Waals surface area contributed by atoms with Crippen molar-refractivity contribution in [3.63, 3.8) is 0 Å². The summed E-state index contributed by atoms with van der Waals surface area (Å²) in [5.74, 6) is -0.344. The standard InChI is InChI=1S/C18H25N3O3S/c1-3-12-16(17(22)24-4-2)13(20-18(23)19-12)11-21-9-5-7-14(21)15-8-6-10-25-15/h6,8,10,12,14H,3-5,7,9,11H2,1-2H3,(H2,19,20,23). The molecule has 0 radical (unpaired) electrons. The third kappa shape index (κ3) is 3.88. The summed E-state index contributed by atoms with van der Waals surface area (Å²) in [5, 5.41) is 7.77. The number of esters is 1. The van der Waals surface area contributed by atoms with Gasteiger partial charge in [-0.25, -0.2) is 9.59 Å². The Kier molecular flexibility index (Phi) is 5.75. The minimum atomic E-state index is -0.344. The Labute approximate surface area is 152 Å². The number of carbonyl (C=O) groups is 2. The predicted octanol–water partition coefficient (Wildman–Crippen LogP) is 2.79. The van der Waals surface area contributed by atoms with Gasteiger partial charge >= 0.3 is 12.0 Å². The van der Waals surface area contributed by atoms with Gasteiger partial charge in [-0.3, -0.25) is 4.90 Å². The van der Waals surface area contributed by atoms with Crippen molar-refractivity contribution >= 4 is 23.3 Å². The molecule has 1 aromatic heterocycles. The lowest BCUT2D eigenvalue weighted by atomic mass is 9.99. The Hall–Kier alpha value is -1.86. The first-order valence-electron chi connectivity index (χ1n) is 8.89. The van der Waals surface area contributed by atoms with Crippen molar-refractivity contribution in [1.29, 1.82) is 0 Å². The second-order valence-corrected chi connectivity index (χ2v) is 7.30. The summed E-state index contributed by atoms with van der Waals surface area (Å²) in [7, 11) is 0. The fraction of sp³-hybridized carbons (Fsp3) is 0.556. The molecule has 0 bridgehead atoms. The number of nitrogens with one attached hydrogen (secondary N) is 2. The van der Waals surface area contributed by atoms with Crippen LogP contribution >= 0.6 is 11.3 Å². The molecule has 0 spiro atoms. The van der Waals surface area contributed by atoms with Crippen LogP contribution in [0, 0.1) is 0 Å². The second-order valence-electron chi connectivity index (χ2n) is 6.32. The molecular formula is C18H25N3O3S. The van der Waals surface area contributed by atoms with Gasteiger partial charge in [0.15, 0.2) is 0 Å². The molecule has 0 aliphatic carbocycles. The highest BCUT2D eigenvalue weighted by atomic mass is 32.1. The van der Waals surface area contributed by atoms with Gasteiger partial charge in [-0.2, -0.15) is 0 Å². The molecule has 136 valence electrons. The Morgan fingerprint density at radius 1 is 1.44 bits per heavy atom. The summed E-state index contributed by atoms with van der Waals surface area (Å²) >= 11 is 1.76. The zero-order valence-corrected chi connectivity index (χ0v) is 15.5. The number of ether oxygens (including phenoxy) is 1. The highest BCUT2D eigenvalue weighted by molar-refractivity contribution is 7.10. The predicted molar refractivity (Wildman–Crippen MR) is 97.3 cm³/mol. The minimum Gasteiger partial charge on any atom is -0.463 e. The highest BCUT2D eigenvalue weighted by Gasteiger charge is 2.34. The van der Waals surface area contributed by atoms with Gasteiger partial charge < -0.3 is 15.4 Å². The smallest absolute Gasteiger partial charge is 0.337 e. The van der Waals surface area contributed by atoms with Crippen molar-refractivity contribution in [2.75, 3.05) is 19.7 Å². The Bertz CT molecular complexity index is 657. The molecular weight excluding hydrogens is 338 g/mol.